The first-order valence-electron chi connectivity index (χ1n) is 5.89. The summed E-state index contributed by atoms with van der Waals surface area (Å²) < 4.78 is 10.7. The molecule has 1 unspecified atom stereocenters. The smallest absolute Gasteiger partial charge is 0.335 e. The van der Waals surface area contributed by atoms with Gasteiger partial charge in [0.2, 0.25) is 0 Å². The van der Waals surface area contributed by atoms with E-state index < -0.39 is 12.1 Å². The van der Waals surface area contributed by atoms with Crippen molar-refractivity contribution in [1.82, 2.24) is 0 Å². The van der Waals surface area contributed by atoms with Crippen molar-refractivity contribution in [1.29, 1.82) is 0 Å². The molecule has 0 aliphatic heterocycles. The molecular weight excluding hydrogens is 236 g/mol. The van der Waals surface area contributed by atoms with Gasteiger partial charge in [-0.05, 0) is 31.5 Å². The Labute approximate surface area is 106 Å². The molecule has 18 heavy (non-hydrogen) atoms. The third-order valence-corrected chi connectivity index (χ3v) is 2.39. The fourth-order valence-electron chi connectivity index (χ4n) is 1.33. The fraction of sp³-hybridized carbons (Fsp3) is 0.462. The number of hydrogen-bond donors (Lipinski definition) is 2. The lowest BCUT2D eigenvalue weighted by Gasteiger charge is -2.14. The van der Waals surface area contributed by atoms with Crippen molar-refractivity contribution in [3.63, 3.8) is 0 Å². The molecule has 5 heteroatoms. The van der Waals surface area contributed by atoms with Crippen molar-refractivity contribution in [3.05, 3.63) is 23.8 Å². The molecule has 1 rings (SSSR count). The van der Waals surface area contributed by atoms with Crippen molar-refractivity contribution in [2.24, 2.45) is 0 Å². The zero-order valence-corrected chi connectivity index (χ0v) is 10.5. The van der Waals surface area contributed by atoms with Gasteiger partial charge in [-0.1, -0.05) is 6.92 Å². The van der Waals surface area contributed by atoms with Crippen molar-refractivity contribution < 1.29 is 24.5 Å². The normalized spacial score (nSPS) is 11.9. The average Bonchev–Trinajstić information content (AvgIpc) is 2.36. The van der Waals surface area contributed by atoms with Crippen LogP contribution in [0.25, 0.3) is 0 Å². The highest BCUT2D eigenvalue weighted by Crippen LogP contribution is 2.28. The van der Waals surface area contributed by atoms with Gasteiger partial charge in [0.1, 0.15) is 6.61 Å². The van der Waals surface area contributed by atoms with E-state index in [1.54, 1.807) is 6.92 Å². The summed E-state index contributed by atoms with van der Waals surface area (Å²) in [5, 5.41) is 18.3. The monoisotopic (exact) mass is 254 g/mol. The number of aliphatic hydroxyl groups excluding tert-OH is 1. The van der Waals surface area contributed by atoms with E-state index >= 15 is 0 Å². The highest BCUT2D eigenvalue weighted by atomic mass is 16.5. The van der Waals surface area contributed by atoms with Crippen molar-refractivity contribution in [2.45, 2.75) is 26.4 Å². The van der Waals surface area contributed by atoms with Gasteiger partial charge in [-0.2, -0.15) is 0 Å². The predicted molar refractivity (Wildman–Crippen MR) is 66.4 cm³/mol. The molecule has 1 atom stereocenters. The van der Waals surface area contributed by atoms with Crippen LogP contribution in [0, 0.1) is 0 Å². The lowest BCUT2D eigenvalue weighted by molar-refractivity contribution is 0.0695. The molecule has 2 N–H and O–H groups in total. The molecule has 0 radical (unpaired) electrons. The molecule has 0 saturated carbocycles. The summed E-state index contributed by atoms with van der Waals surface area (Å²) in [6.45, 7) is 4.22. The highest BCUT2D eigenvalue weighted by molar-refractivity contribution is 5.88. The first-order chi connectivity index (χ1) is 8.58. The Morgan fingerprint density at radius 1 is 1.28 bits per heavy atom. The molecule has 0 aliphatic carbocycles. The zero-order valence-electron chi connectivity index (χ0n) is 10.5. The maximum absolute atomic E-state index is 10.8. The molecule has 0 spiro atoms. The summed E-state index contributed by atoms with van der Waals surface area (Å²) in [4.78, 5) is 10.8. The molecule has 0 aromatic heterocycles. The van der Waals surface area contributed by atoms with E-state index in [4.69, 9.17) is 14.6 Å². The molecule has 0 heterocycles. The maximum Gasteiger partial charge on any atom is 0.335 e. The highest BCUT2D eigenvalue weighted by Gasteiger charge is 2.11. The fourth-order valence-corrected chi connectivity index (χ4v) is 1.33. The summed E-state index contributed by atoms with van der Waals surface area (Å²) in [5.41, 5.74) is 0.141. The number of ether oxygens (including phenoxy) is 2. The van der Waals surface area contributed by atoms with Gasteiger partial charge in [0.05, 0.1) is 18.3 Å². The standard InChI is InChI=1S/C13H18O5/c1-3-10(14)8-18-11-6-5-9(13(15)16)7-12(11)17-4-2/h5-7,10,14H,3-4,8H2,1-2H3,(H,15,16). The number of aliphatic hydroxyl groups is 1. The number of aromatic carboxylic acids is 1. The summed E-state index contributed by atoms with van der Waals surface area (Å²) in [6, 6.07) is 4.40. The van der Waals surface area contributed by atoms with Crippen LogP contribution in [0.3, 0.4) is 0 Å². The lowest BCUT2D eigenvalue weighted by Crippen LogP contribution is -2.16. The van der Waals surface area contributed by atoms with Crippen molar-refractivity contribution in [3.8, 4) is 11.5 Å². The summed E-state index contributed by atoms with van der Waals surface area (Å²) in [6.07, 6.45) is 0.0515. The third kappa shape index (κ3) is 3.92. The van der Waals surface area contributed by atoms with Crippen LogP contribution in [0.5, 0.6) is 11.5 Å². The van der Waals surface area contributed by atoms with Crippen LogP contribution in [0.1, 0.15) is 30.6 Å². The van der Waals surface area contributed by atoms with Gasteiger partial charge in [-0.3, -0.25) is 0 Å². The Morgan fingerprint density at radius 2 is 2.00 bits per heavy atom. The number of carboxylic acid groups (broad SMARTS) is 1. The molecule has 0 amide bonds. The minimum atomic E-state index is -1.02. The minimum Gasteiger partial charge on any atom is -0.490 e. The van der Waals surface area contributed by atoms with Gasteiger partial charge in [-0.25, -0.2) is 4.79 Å². The number of rotatable bonds is 7. The van der Waals surface area contributed by atoms with Crippen molar-refractivity contribution in [2.75, 3.05) is 13.2 Å². The van der Waals surface area contributed by atoms with Gasteiger partial charge in [0, 0.05) is 0 Å². The van der Waals surface area contributed by atoms with E-state index in [2.05, 4.69) is 0 Å². The van der Waals surface area contributed by atoms with E-state index in [1.165, 1.54) is 18.2 Å². The molecule has 0 fully saturated rings. The first-order valence-corrected chi connectivity index (χ1v) is 5.89. The van der Waals surface area contributed by atoms with Crippen LogP contribution >= 0.6 is 0 Å². The molecule has 100 valence electrons. The number of carbonyl (C=O) groups is 1. The Morgan fingerprint density at radius 3 is 2.56 bits per heavy atom. The Balaban J connectivity index is 2.85. The number of hydrogen-bond acceptors (Lipinski definition) is 4. The Bertz CT molecular complexity index is 402. The van der Waals surface area contributed by atoms with Crippen molar-refractivity contribution >= 4 is 5.97 Å². The summed E-state index contributed by atoms with van der Waals surface area (Å²) in [7, 11) is 0. The number of benzene rings is 1. The van der Waals surface area contributed by atoms with E-state index in [-0.39, 0.29) is 12.2 Å². The maximum atomic E-state index is 10.8. The SMILES string of the molecule is CCOc1cc(C(=O)O)ccc1OCC(O)CC. The van der Waals surface area contributed by atoms with Crippen LogP contribution in [0.4, 0.5) is 0 Å². The van der Waals surface area contributed by atoms with Crippen LogP contribution in [0.2, 0.25) is 0 Å². The molecular formula is C13H18O5. The minimum absolute atomic E-state index is 0.141. The molecule has 1 aromatic carbocycles. The summed E-state index contributed by atoms with van der Waals surface area (Å²) >= 11 is 0. The quantitative estimate of drug-likeness (QED) is 0.777. The zero-order chi connectivity index (χ0) is 13.5. The predicted octanol–water partition coefficient (Wildman–Crippen LogP) is 1.93. The van der Waals surface area contributed by atoms with Gasteiger partial charge in [0.25, 0.3) is 0 Å². The van der Waals surface area contributed by atoms with Gasteiger partial charge in [-0.15, -0.1) is 0 Å². The molecule has 0 bridgehead atoms. The first kappa shape index (κ1) is 14.3. The Hall–Kier alpha value is -1.75. The van der Waals surface area contributed by atoms with E-state index in [9.17, 15) is 9.90 Å². The number of carboxylic acids is 1. The van der Waals surface area contributed by atoms with Crippen LogP contribution in [-0.4, -0.2) is 35.5 Å². The van der Waals surface area contributed by atoms with Gasteiger partial charge in [0.15, 0.2) is 11.5 Å². The molecule has 0 saturated heterocycles. The average molecular weight is 254 g/mol. The molecule has 5 nitrogen and oxygen atoms in total. The van der Waals surface area contributed by atoms with E-state index in [1.807, 2.05) is 6.92 Å². The largest absolute Gasteiger partial charge is 0.490 e. The van der Waals surface area contributed by atoms with Crippen LogP contribution < -0.4 is 9.47 Å². The van der Waals surface area contributed by atoms with E-state index in [0.29, 0.717) is 24.5 Å². The van der Waals surface area contributed by atoms with Gasteiger partial charge >= 0.3 is 5.97 Å². The van der Waals surface area contributed by atoms with Gasteiger partial charge < -0.3 is 19.7 Å². The molecule has 1 aromatic rings. The lowest BCUT2D eigenvalue weighted by atomic mass is 10.2. The van der Waals surface area contributed by atoms with Crippen LogP contribution in [-0.2, 0) is 0 Å². The Kier molecular flexibility index (Phi) is 5.45. The van der Waals surface area contributed by atoms with Crippen LogP contribution in [0.15, 0.2) is 18.2 Å². The second-order valence-corrected chi connectivity index (χ2v) is 3.77. The topological polar surface area (TPSA) is 76.0 Å². The summed E-state index contributed by atoms with van der Waals surface area (Å²) in [5.74, 6) is -0.203. The van der Waals surface area contributed by atoms with E-state index in [0.717, 1.165) is 0 Å². The second-order valence-electron chi connectivity index (χ2n) is 3.77. The third-order valence-electron chi connectivity index (χ3n) is 2.39. The molecule has 0 aliphatic rings. The second kappa shape index (κ2) is 6.86.